The molecule has 0 saturated carbocycles. The average molecular weight is 353 g/mol. The van der Waals surface area contributed by atoms with Gasteiger partial charge in [0.05, 0.1) is 0 Å². The second-order valence-corrected chi connectivity index (χ2v) is 7.54. The van der Waals surface area contributed by atoms with Crippen molar-refractivity contribution < 1.29 is 0 Å². The molecule has 1 heterocycles. The Balaban J connectivity index is 1.97. The molecule has 0 bridgehead atoms. The zero-order valence-corrected chi connectivity index (χ0v) is 17.4. The predicted molar refractivity (Wildman–Crippen MR) is 114 cm³/mol. The Morgan fingerprint density at radius 3 is 2.35 bits per heavy atom. The quantitative estimate of drug-likeness (QED) is 0.605. The molecule has 0 amide bonds. The van der Waals surface area contributed by atoms with Crippen molar-refractivity contribution in [3.63, 3.8) is 0 Å². The fourth-order valence-corrected chi connectivity index (χ4v) is 3.66. The summed E-state index contributed by atoms with van der Waals surface area (Å²) in [5, 5.41) is 0. The number of hydrogen-bond donors (Lipinski definition) is 0. The zero-order chi connectivity index (χ0) is 19.1. The molecule has 2 rings (SSSR count). The molecule has 0 spiro atoms. The van der Waals surface area contributed by atoms with Gasteiger partial charge in [-0.25, -0.2) is 0 Å². The number of aryl methyl sites for hydroxylation is 3. The van der Waals surface area contributed by atoms with Gasteiger partial charge in [0.15, 0.2) is 0 Å². The maximum Gasteiger partial charge on any atom is 0.0323 e. The van der Waals surface area contributed by atoms with E-state index < -0.39 is 0 Å². The molecular formula is C24H36N2. The van der Waals surface area contributed by atoms with Crippen molar-refractivity contribution in [2.45, 2.75) is 54.0 Å². The summed E-state index contributed by atoms with van der Waals surface area (Å²) < 4.78 is 0. The number of piperazine rings is 1. The fourth-order valence-electron chi connectivity index (χ4n) is 3.66. The highest BCUT2D eigenvalue weighted by atomic mass is 15.3. The Morgan fingerprint density at radius 2 is 1.73 bits per heavy atom. The minimum atomic E-state index is 1.06. The van der Waals surface area contributed by atoms with Crippen molar-refractivity contribution in [2.75, 3.05) is 26.2 Å². The number of rotatable bonds is 7. The molecule has 2 heteroatoms. The Hall–Kier alpha value is -1.80. The van der Waals surface area contributed by atoms with Gasteiger partial charge >= 0.3 is 0 Å². The fraction of sp³-hybridized carbons (Fsp3) is 0.500. The first kappa shape index (κ1) is 20.5. The van der Waals surface area contributed by atoms with Crippen LogP contribution in [0.25, 0.3) is 0 Å². The molecule has 0 aliphatic carbocycles. The van der Waals surface area contributed by atoms with Crippen LogP contribution in [0.1, 0.15) is 49.4 Å². The summed E-state index contributed by atoms with van der Waals surface area (Å²) in [5.41, 5.74) is 8.31. The molecule has 0 N–H and O–H groups in total. The summed E-state index contributed by atoms with van der Waals surface area (Å²) in [7, 11) is 0. The third-order valence-electron chi connectivity index (χ3n) is 5.46. The van der Waals surface area contributed by atoms with Gasteiger partial charge in [0.25, 0.3) is 0 Å². The maximum atomic E-state index is 4.30. The number of benzene rings is 1. The van der Waals surface area contributed by atoms with Crippen molar-refractivity contribution >= 4 is 0 Å². The van der Waals surface area contributed by atoms with E-state index in [1.807, 2.05) is 6.92 Å². The van der Waals surface area contributed by atoms with E-state index in [-0.39, 0.29) is 0 Å². The molecular weight excluding hydrogens is 316 g/mol. The van der Waals surface area contributed by atoms with Gasteiger partial charge in [-0.3, -0.25) is 4.90 Å². The van der Waals surface area contributed by atoms with Gasteiger partial charge in [0.2, 0.25) is 0 Å². The molecule has 1 fully saturated rings. The van der Waals surface area contributed by atoms with E-state index >= 15 is 0 Å². The van der Waals surface area contributed by atoms with Crippen LogP contribution in [-0.4, -0.2) is 36.0 Å². The molecule has 0 unspecified atom stereocenters. The van der Waals surface area contributed by atoms with Crippen LogP contribution in [0.5, 0.6) is 0 Å². The lowest BCUT2D eigenvalue weighted by atomic mass is 9.97. The molecule has 1 aromatic rings. The van der Waals surface area contributed by atoms with Gasteiger partial charge < -0.3 is 4.90 Å². The van der Waals surface area contributed by atoms with Gasteiger partial charge in [-0.15, -0.1) is 0 Å². The van der Waals surface area contributed by atoms with Crippen LogP contribution in [0.4, 0.5) is 0 Å². The summed E-state index contributed by atoms with van der Waals surface area (Å²) in [4.78, 5) is 5.01. The highest BCUT2D eigenvalue weighted by molar-refractivity contribution is 5.37. The molecule has 142 valence electrons. The number of hydrogen-bond acceptors (Lipinski definition) is 2. The monoisotopic (exact) mass is 352 g/mol. The van der Waals surface area contributed by atoms with E-state index in [0.29, 0.717) is 0 Å². The SMILES string of the molecule is C=C(/C(C)=C\C=C/C)N1CCN(Cc2cc(CCC)c(C)cc2C)CC1. The lowest BCUT2D eigenvalue weighted by molar-refractivity contribution is 0.155. The van der Waals surface area contributed by atoms with Crippen LogP contribution >= 0.6 is 0 Å². The zero-order valence-electron chi connectivity index (χ0n) is 17.4. The van der Waals surface area contributed by atoms with Crippen LogP contribution in [0, 0.1) is 13.8 Å². The molecule has 1 aliphatic heterocycles. The van der Waals surface area contributed by atoms with Crippen molar-refractivity contribution in [3.8, 4) is 0 Å². The predicted octanol–water partition coefficient (Wildman–Crippen LogP) is 5.41. The summed E-state index contributed by atoms with van der Waals surface area (Å²) in [6.45, 7) is 20.7. The molecule has 2 nitrogen and oxygen atoms in total. The molecule has 1 aromatic carbocycles. The van der Waals surface area contributed by atoms with E-state index in [2.05, 4.69) is 74.4 Å². The van der Waals surface area contributed by atoms with Crippen molar-refractivity contribution in [2.24, 2.45) is 0 Å². The van der Waals surface area contributed by atoms with Gasteiger partial charge in [0, 0.05) is 38.4 Å². The normalized spacial score (nSPS) is 16.5. The number of nitrogens with zero attached hydrogens (tertiary/aromatic N) is 2. The van der Waals surface area contributed by atoms with E-state index in [0.717, 1.165) is 32.7 Å². The van der Waals surface area contributed by atoms with Gasteiger partial charge in [-0.05, 0) is 61.9 Å². The third-order valence-corrected chi connectivity index (χ3v) is 5.46. The van der Waals surface area contributed by atoms with Crippen LogP contribution in [-0.2, 0) is 13.0 Å². The smallest absolute Gasteiger partial charge is 0.0323 e. The third kappa shape index (κ3) is 5.35. The maximum absolute atomic E-state index is 4.30. The average Bonchev–Trinajstić information content (AvgIpc) is 2.63. The molecule has 0 aromatic heterocycles. The van der Waals surface area contributed by atoms with Crippen molar-refractivity contribution in [1.29, 1.82) is 0 Å². The molecule has 1 saturated heterocycles. The Morgan fingerprint density at radius 1 is 1.08 bits per heavy atom. The van der Waals surface area contributed by atoms with E-state index in [4.69, 9.17) is 0 Å². The van der Waals surface area contributed by atoms with Crippen LogP contribution in [0.15, 0.2) is 48.2 Å². The second-order valence-electron chi connectivity index (χ2n) is 7.54. The first-order valence-electron chi connectivity index (χ1n) is 10.0. The largest absolute Gasteiger partial charge is 0.369 e. The summed E-state index contributed by atoms with van der Waals surface area (Å²) in [6.07, 6.45) is 8.70. The first-order valence-corrected chi connectivity index (χ1v) is 10.0. The molecule has 0 atom stereocenters. The van der Waals surface area contributed by atoms with Crippen molar-refractivity contribution in [3.05, 3.63) is 70.5 Å². The first-order chi connectivity index (χ1) is 12.5. The molecule has 0 radical (unpaired) electrons. The van der Waals surface area contributed by atoms with Crippen molar-refractivity contribution in [1.82, 2.24) is 9.80 Å². The molecule has 1 aliphatic rings. The minimum Gasteiger partial charge on any atom is -0.369 e. The van der Waals surface area contributed by atoms with E-state index in [1.165, 1.54) is 46.4 Å². The standard InChI is InChI=1S/C24H36N2/c1-7-9-11-19(3)22(6)26-14-12-25(13-15-26)18-24-17-23(10-8-2)20(4)16-21(24)5/h7,9,11,16-17H,6,8,10,12-15,18H2,1-5H3/b9-7-,19-11-. The van der Waals surface area contributed by atoms with E-state index in [9.17, 15) is 0 Å². The lowest BCUT2D eigenvalue weighted by Crippen LogP contribution is -2.45. The Labute approximate surface area is 160 Å². The van der Waals surface area contributed by atoms with Crippen LogP contribution in [0.2, 0.25) is 0 Å². The van der Waals surface area contributed by atoms with Gasteiger partial charge in [-0.2, -0.15) is 0 Å². The number of allylic oxidation sites excluding steroid dienone is 4. The Kier molecular flexibility index (Phi) is 7.71. The summed E-state index contributed by atoms with van der Waals surface area (Å²) >= 11 is 0. The van der Waals surface area contributed by atoms with Gasteiger partial charge in [-0.1, -0.05) is 50.3 Å². The summed E-state index contributed by atoms with van der Waals surface area (Å²) in [6, 6.07) is 4.82. The highest BCUT2D eigenvalue weighted by Gasteiger charge is 2.19. The van der Waals surface area contributed by atoms with Crippen LogP contribution < -0.4 is 0 Å². The summed E-state index contributed by atoms with van der Waals surface area (Å²) in [5.74, 6) is 0. The van der Waals surface area contributed by atoms with E-state index in [1.54, 1.807) is 0 Å². The Bertz CT molecular complexity index is 674. The highest BCUT2D eigenvalue weighted by Crippen LogP contribution is 2.21. The molecule has 26 heavy (non-hydrogen) atoms. The minimum absolute atomic E-state index is 1.06. The lowest BCUT2D eigenvalue weighted by Gasteiger charge is -2.37. The van der Waals surface area contributed by atoms with Gasteiger partial charge in [0.1, 0.15) is 0 Å². The second kappa shape index (κ2) is 9.78. The van der Waals surface area contributed by atoms with Crippen LogP contribution in [0.3, 0.4) is 0 Å². The topological polar surface area (TPSA) is 6.48 Å².